The number of nitrogens with zero attached hydrogens (tertiary/aromatic N) is 4. The first kappa shape index (κ1) is 16.5. The molecule has 1 aromatic carbocycles. The number of aromatic nitrogens is 4. The standard InChI is InChI=1S/C20H24N6O.H2/c1-13-11-26(8-7-21-13)18-10-17(22-12-23-18)19-15-9-14(27-20(2)5-6-20)3-4-16(15)24-25-19;/h3-4,9-10,12-13,21H,5-8,11H2,1-2H3,(H,24,25);1H/t13-;/m0./s1. The summed E-state index contributed by atoms with van der Waals surface area (Å²) < 4.78 is 6.12. The summed E-state index contributed by atoms with van der Waals surface area (Å²) in [6.07, 6.45) is 3.85. The van der Waals surface area contributed by atoms with E-state index in [1.165, 1.54) is 0 Å². The largest absolute Gasteiger partial charge is 0.488 e. The third-order valence-corrected chi connectivity index (χ3v) is 5.44. The number of ether oxygens (including phenoxy) is 1. The Morgan fingerprint density at radius 3 is 2.96 bits per heavy atom. The minimum atomic E-state index is -0.00134. The van der Waals surface area contributed by atoms with E-state index in [1.807, 2.05) is 18.2 Å². The zero-order valence-corrected chi connectivity index (χ0v) is 15.7. The number of fused-ring (bicyclic) bond motifs is 1. The van der Waals surface area contributed by atoms with Gasteiger partial charge in [0.15, 0.2) is 0 Å². The normalized spacial score (nSPS) is 21.4. The molecule has 7 heteroatoms. The van der Waals surface area contributed by atoms with Gasteiger partial charge >= 0.3 is 0 Å². The van der Waals surface area contributed by atoms with E-state index in [0.717, 1.165) is 66.3 Å². The van der Waals surface area contributed by atoms with Crippen LogP contribution in [0.4, 0.5) is 5.82 Å². The molecule has 5 rings (SSSR count). The van der Waals surface area contributed by atoms with Gasteiger partial charge in [-0.3, -0.25) is 5.10 Å². The van der Waals surface area contributed by atoms with E-state index in [4.69, 9.17) is 4.74 Å². The van der Waals surface area contributed by atoms with Crippen LogP contribution in [0.5, 0.6) is 5.75 Å². The highest BCUT2D eigenvalue weighted by atomic mass is 16.5. The second-order valence-corrected chi connectivity index (χ2v) is 7.89. The van der Waals surface area contributed by atoms with Gasteiger partial charge in [-0.25, -0.2) is 9.97 Å². The molecule has 3 heterocycles. The Kier molecular flexibility index (Phi) is 3.79. The van der Waals surface area contributed by atoms with Crippen LogP contribution in [0.25, 0.3) is 22.3 Å². The quantitative estimate of drug-likeness (QED) is 0.739. The molecule has 1 aliphatic heterocycles. The van der Waals surface area contributed by atoms with Crippen LogP contribution >= 0.6 is 0 Å². The van der Waals surface area contributed by atoms with E-state index in [-0.39, 0.29) is 7.03 Å². The minimum Gasteiger partial charge on any atom is -0.488 e. The molecule has 2 N–H and O–H groups in total. The Morgan fingerprint density at radius 2 is 2.15 bits per heavy atom. The molecule has 0 unspecified atom stereocenters. The molecule has 0 radical (unpaired) electrons. The summed E-state index contributed by atoms with van der Waals surface area (Å²) in [5, 5.41) is 12.1. The molecule has 1 saturated heterocycles. The van der Waals surface area contributed by atoms with Crippen molar-refractivity contribution in [3.05, 3.63) is 30.6 Å². The fourth-order valence-corrected chi connectivity index (χ4v) is 3.60. The molecule has 2 fully saturated rings. The third-order valence-electron chi connectivity index (χ3n) is 5.44. The summed E-state index contributed by atoms with van der Waals surface area (Å²) in [5.74, 6) is 1.83. The fraction of sp³-hybridized carbons (Fsp3) is 0.450. The SMILES string of the molecule is C[C@H]1CN(c2cc(-c3n[nH]c4ccc(OC5(C)CC5)cc34)ncn2)CCN1.[HH]. The summed E-state index contributed by atoms with van der Waals surface area (Å²) in [7, 11) is 0. The monoisotopic (exact) mass is 366 g/mol. The van der Waals surface area contributed by atoms with Crippen molar-refractivity contribution in [1.29, 1.82) is 0 Å². The summed E-state index contributed by atoms with van der Waals surface area (Å²) in [6, 6.07) is 8.57. The number of piperazine rings is 1. The molecule has 0 bridgehead atoms. The number of H-pyrrole nitrogens is 1. The van der Waals surface area contributed by atoms with Crippen LogP contribution in [0.2, 0.25) is 0 Å². The van der Waals surface area contributed by atoms with Crippen molar-refractivity contribution < 1.29 is 6.16 Å². The molecule has 142 valence electrons. The Morgan fingerprint density at radius 1 is 1.26 bits per heavy atom. The Balaban J connectivity index is 0.00000192. The van der Waals surface area contributed by atoms with Crippen molar-refractivity contribution in [3.63, 3.8) is 0 Å². The zero-order valence-electron chi connectivity index (χ0n) is 15.7. The van der Waals surface area contributed by atoms with Crippen LogP contribution in [-0.4, -0.2) is 51.4 Å². The van der Waals surface area contributed by atoms with E-state index in [2.05, 4.69) is 50.3 Å². The molecular formula is C20H26N6O. The summed E-state index contributed by atoms with van der Waals surface area (Å²) in [6.45, 7) is 7.19. The number of aromatic amines is 1. The van der Waals surface area contributed by atoms with Crippen LogP contribution in [-0.2, 0) is 0 Å². The van der Waals surface area contributed by atoms with Gasteiger partial charge in [-0.1, -0.05) is 0 Å². The first-order chi connectivity index (χ1) is 13.1. The topological polar surface area (TPSA) is 79.0 Å². The number of benzene rings is 1. The first-order valence-corrected chi connectivity index (χ1v) is 9.58. The molecule has 2 aliphatic rings. The number of nitrogens with one attached hydrogen (secondary N) is 2. The van der Waals surface area contributed by atoms with Crippen molar-refractivity contribution in [3.8, 4) is 17.1 Å². The maximum atomic E-state index is 6.12. The molecule has 7 nitrogen and oxygen atoms in total. The molecule has 0 amide bonds. The average molecular weight is 366 g/mol. The minimum absolute atomic E-state index is 0. The molecule has 1 saturated carbocycles. The maximum Gasteiger partial charge on any atom is 0.132 e. The maximum absolute atomic E-state index is 6.12. The fourth-order valence-electron chi connectivity index (χ4n) is 3.60. The smallest absolute Gasteiger partial charge is 0.132 e. The van der Waals surface area contributed by atoms with Crippen LogP contribution in [0.1, 0.15) is 28.1 Å². The summed E-state index contributed by atoms with van der Waals surface area (Å²) >= 11 is 0. The third kappa shape index (κ3) is 3.23. The van der Waals surface area contributed by atoms with Gasteiger partial charge in [0.2, 0.25) is 0 Å². The molecule has 3 aromatic rings. The number of hydrogen-bond acceptors (Lipinski definition) is 6. The van der Waals surface area contributed by atoms with Crippen molar-refractivity contribution in [2.24, 2.45) is 0 Å². The molecule has 27 heavy (non-hydrogen) atoms. The number of rotatable bonds is 4. The van der Waals surface area contributed by atoms with Gasteiger partial charge < -0.3 is 15.0 Å². The molecule has 1 aliphatic carbocycles. The highest BCUT2D eigenvalue weighted by molar-refractivity contribution is 5.93. The lowest BCUT2D eigenvalue weighted by atomic mass is 10.1. The van der Waals surface area contributed by atoms with E-state index in [1.54, 1.807) is 6.33 Å². The van der Waals surface area contributed by atoms with Crippen molar-refractivity contribution in [2.75, 3.05) is 24.5 Å². The lowest BCUT2D eigenvalue weighted by molar-refractivity contribution is 0.200. The van der Waals surface area contributed by atoms with E-state index >= 15 is 0 Å². The lowest BCUT2D eigenvalue weighted by Gasteiger charge is -2.32. The highest BCUT2D eigenvalue weighted by Crippen LogP contribution is 2.40. The molecule has 2 aromatic heterocycles. The Hall–Kier alpha value is -2.67. The zero-order chi connectivity index (χ0) is 18.4. The Bertz CT molecular complexity index is 986. The predicted molar refractivity (Wildman–Crippen MR) is 107 cm³/mol. The van der Waals surface area contributed by atoms with Crippen LogP contribution in [0, 0.1) is 0 Å². The van der Waals surface area contributed by atoms with Crippen LogP contribution in [0.15, 0.2) is 30.6 Å². The average Bonchev–Trinajstić information content (AvgIpc) is 3.25. The van der Waals surface area contributed by atoms with Crippen molar-refractivity contribution in [2.45, 2.75) is 38.3 Å². The van der Waals surface area contributed by atoms with Gasteiger partial charge in [0.05, 0.1) is 11.2 Å². The van der Waals surface area contributed by atoms with Gasteiger partial charge in [0.25, 0.3) is 0 Å². The predicted octanol–water partition coefficient (Wildman–Crippen LogP) is 3.00. The van der Waals surface area contributed by atoms with Gasteiger partial charge in [0, 0.05) is 38.6 Å². The van der Waals surface area contributed by atoms with E-state index in [0.29, 0.717) is 6.04 Å². The van der Waals surface area contributed by atoms with Gasteiger partial charge in [-0.05, 0) is 44.9 Å². The second kappa shape index (κ2) is 6.20. The van der Waals surface area contributed by atoms with Crippen LogP contribution in [0.3, 0.4) is 0 Å². The van der Waals surface area contributed by atoms with E-state index in [9.17, 15) is 0 Å². The lowest BCUT2D eigenvalue weighted by Crippen LogP contribution is -2.49. The molecule has 1 atom stereocenters. The number of anilines is 1. The summed E-state index contributed by atoms with van der Waals surface area (Å²) in [5.41, 5.74) is 2.64. The van der Waals surface area contributed by atoms with Gasteiger partial charge in [-0.2, -0.15) is 5.10 Å². The van der Waals surface area contributed by atoms with Crippen molar-refractivity contribution >= 4 is 16.7 Å². The van der Waals surface area contributed by atoms with Crippen molar-refractivity contribution in [1.82, 2.24) is 25.5 Å². The van der Waals surface area contributed by atoms with Gasteiger partial charge in [0.1, 0.15) is 29.2 Å². The molecule has 0 spiro atoms. The highest BCUT2D eigenvalue weighted by Gasteiger charge is 2.40. The van der Waals surface area contributed by atoms with Gasteiger partial charge in [-0.15, -0.1) is 0 Å². The van der Waals surface area contributed by atoms with Crippen LogP contribution < -0.4 is 15.0 Å². The Labute approximate surface area is 159 Å². The number of hydrogen-bond donors (Lipinski definition) is 2. The van der Waals surface area contributed by atoms with E-state index < -0.39 is 0 Å². The first-order valence-electron chi connectivity index (χ1n) is 9.58. The second-order valence-electron chi connectivity index (χ2n) is 7.89. The summed E-state index contributed by atoms with van der Waals surface area (Å²) in [4.78, 5) is 11.3. The molecular weight excluding hydrogens is 340 g/mol.